The van der Waals surface area contributed by atoms with Crippen LogP contribution in [-0.4, -0.2) is 70.2 Å². The fourth-order valence-corrected chi connectivity index (χ4v) is 4.47. The van der Waals surface area contributed by atoms with E-state index < -0.39 is 5.60 Å². The number of nitrogens with one attached hydrogen (secondary N) is 1. The summed E-state index contributed by atoms with van der Waals surface area (Å²) in [6, 6.07) is 8.25. The molecule has 29 heavy (non-hydrogen) atoms. The quantitative estimate of drug-likeness (QED) is 0.805. The normalized spacial score (nSPS) is 21.0. The van der Waals surface area contributed by atoms with E-state index in [0.717, 1.165) is 36.8 Å². The van der Waals surface area contributed by atoms with Crippen molar-refractivity contribution in [3.8, 4) is 0 Å². The van der Waals surface area contributed by atoms with Crippen molar-refractivity contribution >= 4 is 16.8 Å². The standard InChI is InChI=1S/C22H32N4O3/c1-16(2)26-19-6-4-3-5-18(19)20(24-26)21(27)23-17-7-11-25(12-8-17)15-22(28)9-13-29-14-10-22/h3-6,16-17,28H,7-15H2,1-2H3,(H,23,27). The van der Waals surface area contributed by atoms with Crippen LogP contribution in [0.25, 0.3) is 10.9 Å². The van der Waals surface area contributed by atoms with Crippen LogP contribution in [0.1, 0.15) is 56.1 Å². The molecule has 0 aliphatic carbocycles. The van der Waals surface area contributed by atoms with Crippen molar-refractivity contribution in [2.75, 3.05) is 32.8 Å². The highest BCUT2D eigenvalue weighted by Crippen LogP contribution is 2.25. The van der Waals surface area contributed by atoms with Gasteiger partial charge in [-0.2, -0.15) is 5.10 Å². The first-order valence-corrected chi connectivity index (χ1v) is 10.8. The van der Waals surface area contributed by atoms with Gasteiger partial charge in [0.1, 0.15) is 0 Å². The van der Waals surface area contributed by atoms with Gasteiger partial charge in [-0.25, -0.2) is 0 Å². The van der Waals surface area contributed by atoms with Crippen molar-refractivity contribution in [1.82, 2.24) is 20.0 Å². The number of likely N-dealkylation sites (tertiary alicyclic amines) is 1. The van der Waals surface area contributed by atoms with Gasteiger partial charge < -0.3 is 20.1 Å². The van der Waals surface area contributed by atoms with Crippen LogP contribution in [0.15, 0.2) is 24.3 Å². The van der Waals surface area contributed by atoms with Crippen LogP contribution < -0.4 is 5.32 Å². The summed E-state index contributed by atoms with van der Waals surface area (Å²) in [5, 5.41) is 19.4. The Labute approximate surface area is 172 Å². The predicted octanol–water partition coefficient (Wildman–Crippen LogP) is 2.35. The van der Waals surface area contributed by atoms with Crippen LogP contribution in [-0.2, 0) is 4.74 Å². The van der Waals surface area contributed by atoms with E-state index in [-0.39, 0.29) is 18.0 Å². The van der Waals surface area contributed by atoms with Crippen molar-refractivity contribution < 1.29 is 14.6 Å². The van der Waals surface area contributed by atoms with Gasteiger partial charge in [-0.1, -0.05) is 18.2 Å². The minimum Gasteiger partial charge on any atom is -0.388 e. The Bertz CT molecular complexity index is 849. The molecule has 0 unspecified atom stereocenters. The number of nitrogens with zero attached hydrogens (tertiary/aromatic N) is 3. The lowest BCUT2D eigenvalue weighted by molar-refractivity contribution is -0.0822. The van der Waals surface area contributed by atoms with Gasteiger partial charge >= 0.3 is 0 Å². The molecule has 2 aliphatic heterocycles. The van der Waals surface area contributed by atoms with Crippen LogP contribution in [0, 0.1) is 0 Å². The number of hydrogen-bond donors (Lipinski definition) is 2. The summed E-state index contributed by atoms with van der Waals surface area (Å²) in [5.41, 5.74) is 0.872. The number of carbonyl (C=O) groups is 1. The summed E-state index contributed by atoms with van der Waals surface area (Å²) >= 11 is 0. The number of para-hydroxylation sites is 1. The van der Waals surface area contributed by atoms with Crippen molar-refractivity contribution in [3.63, 3.8) is 0 Å². The molecule has 1 aromatic heterocycles. The third-order valence-corrected chi connectivity index (χ3v) is 6.18. The Kier molecular flexibility index (Phi) is 5.90. The lowest BCUT2D eigenvalue weighted by Gasteiger charge is -2.39. The summed E-state index contributed by atoms with van der Waals surface area (Å²) in [6.07, 6.45) is 3.19. The molecule has 0 radical (unpaired) electrons. The van der Waals surface area contributed by atoms with Crippen LogP contribution in [0.5, 0.6) is 0 Å². The molecule has 2 saturated heterocycles. The molecule has 2 N–H and O–H groups in total. The topological polar surface area (TPSA) is 79.6 Å². The molecule has 2 aromatic rings. The van der Waals surface area contributed by atoms with Gasteiger partial charge in [-0.05, 0) is 32.8 Å². The molecule has 158 valence electrons. The van der Waals surface area contributed by atoms with Gasteiger partial charge in [0.05, 0.1) is 11.1 Å². The molecule has 2 fully saturated rings. The van der Waals surface area contributed by atoms with Gasteiger partial charge in [0.25, 0.3) is 5.91 Å². The van der Waals surface area contributed by atoms with Crippen molar-refractivity contribution in [2.24, 2.45) is 0 Å². The zero-order valence-electron chi connectivity index (χ0n) is 17.4. The highest BCUT2D eigenvalue weighted by Gasteiger charge is 2.33. The number of amides is 1. The smallest absolute Gasteiger partial charge is 0.272 e. The summed E-state index contributed by atoms with van der Waals surface area (Å²) < 4.78 is 7.29. The fraction of sp³-hybridized carbons (Fsp3) is 0.636. The van der Waals surface area contributed by atoms with E-state index in [0.29, 0.717) is 38.3 Å². The Balaban J connectivity index is 1.36. The molecule has 1 amide bonds. The largest absolute Gasteiger partial charge is 0.388 e. The van der Waals surface area contributed by atoms with Crippen LogP contribution >= 0.6 is 0 Å². The number of aliphatic hydroxyl groups is 1. The molecule has 3 heterocycles. The molecule has 7 heteroatoms. The molecular formula is C22H32N4O3. The fourth-order valence-electron chi connectivity index (χ4n) is 4.47. The van der Waals surface area contributed by atoms with Crippen molar-refractivity contribution in [3.05, 3.63) is 30.0 Å². The molecule has 2 aliphatic rings. The molecule has 0 saturated carbocycles. The third-order valence-electron chi connectivity index (χ3n) is 6.18. The van der Waals surface area contributed by atoms with E-state index in [9.17, 15) is 9.90 Å². The molecule has 1 aromatic carbocycles. The molecule has 7 nitrogen and oxygen atoms in total. The highest BCUT2D eigenvalue weighted by molar-refractivity contribution is 6.05. The van der Waals surface area contributed by atoms with Crippen LogP contribution in [0.2, 0.25) is 0 Å². The lowest BCUT2D eigenvalue weighted by Crippen LogP contribution is -2.51. The summed E-state index contributed by atoms with van der Waals surface area (Å²) in [4.78, 5) is 15.3. The number of ether oxygens (including phenoxy) is 1. The minimum atomic E-state index is -0.628. The van der Waals surface area contributed by atoms with Crippen LogP contribution in [0.4, 0.5) is 0 Å². The maximum Gasteiger partial charge on any atom is 0.272 e. The monoisotopic (exact) mass is 400 g/mol. The zero-order valence-corrected chi connectivity index (χ0v) is 17.4. The molecule has 0 spiro atoms. The van der Waals surface area contributed by atoms with Gasteiger partial charge in [0.15, 0.2) is 5.69 Å². The van der Waals surface area contributed by atoms with Crippen LogP contribution in [0.3, 0.4) is 0 Å². The Morgan fingerprint density at radius 1 is 1.28 bits per heavy atom. The summed E-state index contributed by atoms with van der Waals surface area (Å²) in [7, 11) is 0. The Morgan fingerprint density at radius 2 is 1.97 bits per heavy atom. The molecular weight excluding hydrogens is 368 g/mol. The zero-order chi connectivity index (χ0) is 20.4. The predicted molar refractivity (Wildman–Crippen MR) is 112 cm³/mol. The van der Waals surface area contributed by atoms with E-state index in [2.05, 4.69) is 29.2 Å². The van der Waals surface area contributed by atoms with E-state index in [4.69, 9.17) is 4.74 Å². The number of β-amino-alcohol motifs (C(OH)–C–C–N with tert-alkyl or cyclic N) is 1. The summed E-state index contributed by atoms with van der Waals surface area (Å²) in [6.45, 7) is 7.89. The maximum atomic E-state index is 13.0. The second-order valence-corrected chi connectivity index (χ2v) is 8.76. The van der Waals surface area contributed by atoms with Gasteiger partial charge in [-0.3, -0.25) is 9.48 Å². The Hall–Kier alpha value is -1.96. The Morgan fingerprint density at radius 3 is 2.66 bits per heavy atom. The van der Waals surface area contributed by atoms with Crippen molar-refractivity contribution in [2.45, 2.75) is 57.2 Å². The number of carbonyl (C=O) groups excluding carboxylic acids is 1. The highest BCUT2D eigenvalue weighted by atomic mass is 16.5. The second-order valence-electron chi connectivity index (χ2n) is 8.76. The molecule has 0 bridgehead atoms. The number of benzene rings is 1. The van der Waals surface area contributed by atoms with E-state index >= 15 is 0 Å². The minimum absolute atomic E-state index is 0.0953. The molecule has 4 rings (SSSR count). The van der Waals surface area contributed by atoms with Crippen molar-refractivity contribution in [1.29, 1.82) is 0 Å². The maximum absolute atomic E-state index is 13.0. The average Bonchev–Trinajstić information content (AvgIpc) is 3.10. The van der Waals surface area contributed by atoms with E-state index in [1.54, 1.807) is 0 Å². The van der Waals surface area contributed by atoms with Gasteiger partial charge in [0.2, 0.25) is 0 Å². The van der Waals surface area contributed by atoms with E-state index in [1.807, 2.05) is 28.9 Å². The van der Waals surface area contributed by atoms with Gasteiger partial charge in [0, 0.05) is 63.2 Å². The first kappa shape index (κ1) is 20.3. The first-order chi connectivity index (χ1) is 14.0. The lowest BCUT2D eigenvalue weighted by atomic mass is 9.92. The SMILES string of the molecule is CC(C)n1nc(C(=O)NC2CCN(CC3(O)CCOCC3)CC2)c2ccccc21. The third kappa shape index (κ3) is 4.47. The second kappa shape index (κ2) is 8.42. The average molecular weight is 401 g/mol. The number of piperidine rings is 1. The van der Waals surface area contributed by atoms with E-state index in [1.165, 1.54) is 0 Å². The number of hydrogen-bond acceptors (Lipinski definition) is 5. The number of aromatic nitrogens is 2. The molecule has 0 atom stereocenters. The first-order valence-electron chi connectivity index (χ1n) is 10.8. The number of fused-ring (bicyclic) bond motifs is 1. The van der Waals surface area contributed by atoms with Gasteiger partial charge in [-0.15, -0.1) is 0 Å². The number of rotatable bonds is 5. The summed E-state index contributed by atoms with van der Waals surface area (Å²) in [5.74, 6) is -0.0953.